The smallest absolute Gasteiger partial charge is 0.162 e. The van der Waals surface area contributed by atoms with Crippen LogP contribution in [0.4, 0.5) is 11.4 Å². The molecule has 1 atom stereocenters. The van der Waals surface area contributed by atoms with Crippen molar-refractivity contribution in [1.82, 2.24) is 0 Å². The van der Waals surface area contributed by atoms with E-state index >= 15 is 0 Å². The number of rotatable bonds is 5. The molecule has 0 N–H and O–H groups in total. The SMILES string of the molecule is C=C/C(=C\C=C/C)C1=NN(c2ccccc2C)C(C)N1c1ccccc1C. The minimum atomic E-state index is 0.0520. The van der Waals surface area contributed by atoms with Crippen molar-refractivity contribution in [3.8, 4) is 0 Å². The molecule has 138 valence electrons. The molecule has 0 fully saturated rings. The number of hydrazone groups is 1. The number of nitrogens with zero attached hydrogens (tertiary/aromatic N) is 3. The number of amidine groups is 1. The molecule has 1 heterocycles. The molecule has 0 radical (unpaired) electrons. The predicted molar refractivity (Wildman–Crippen MR) is 117 cm³/mol. The van der Waals surface area contributed by atoms with Crippen LogP contribution in [0.1, 0.15) is 25.0 Å². The second-order valence-corrected chi connectivity index (χ2v) is 6.69. The van der Waals surface area contributed by atoms with Crippen LogP contribution < -0.4 is 9.91 Å². The fourth-order valence-electron chi connectivity index (χ4n) is 3.38. The second-order valence-electron chi connectivity index (χ2n) is 6.69. The third-order valence-corrected chi connectivity index (χ3v) is 4.84. The predicted octanol–water partition coefficient (Wildman–Crippen LogP) is 5.98. The van der Waals surface area contributed by atoms with E-state index in [4.69, 9.17) is 5.10 Å². The molecule has 2 aromatic carbocycles. The highest BCUT2D eigenvalue weighted by Gasteiger charge is 2.34. The standard InChI is InChI=1S/C24H27N3/c1-6-8-15-21(7-2)24-25-27(23-17-12-10-14-19(23)4)20(5)26(24)22-16-11-9-13-18(22)3/h6-17,20H,2H2,1,3-5H3/b8-6-,21-15+. The van der Waals surface area contributed by atoms with Gasteiger partial charge >= 0.3 is 0 Å². The molecular formula is C24H27N3. The van der Waals surface area contributed by atoms with Gasteiger partial charge in [0.2, 0.25) is 0 Å². The van der Waals surface area contributed by atoms with Crippen molar-refractivity contribution in [2.24, 2.45) is 5.10 Å². The Morgan fingerprint density at radius 3 is 2.15 bits per heavy atom. The second kappa shape index (κ2) is 8.09. The molecule has 2 aromatic rings. The molecule has 1 aliphatic rings. The molecular weight excluding hydrogens is 330 g/mol. The van der Waals surface area contributed by atoms with Gasteiger partial charge in [0.05, 0.1) is 5.69 Å². The van der Waals surface area contributed by atoms with Crippen molar-refractivity contribution >= 4 is 17.2 Å². The van der Waals surface area contributed by atoms with Gasteiger partial charge in [-0.3, -0.25) is 0 Å². The summed E-state index contributed by atoms with van der Waals surface area (Å²) in [6.07, 6.45) is 8.02. The lowest BCUT2D eigenvalue weighted by Crippen LogP contribution is -2.41. The lowest BCUT2D eigenvalue weighted by atomic mass is 10.1. The Kier molecular flexibility index (Phi) is 5.60. The Hall–Kier alpha value is -3.07. The van der Waals surface area contributed by atoms with E-state index in [1.54, 1.807) is 0 Å². The number of hydrogen-bond donors (Lipinski definition) is 0. The number of hydrogen-bond acceptors (Lipinski definition) is 3. The van der Waals surface area contributed by atoms with E-state index < -0.39 is 0 Å². The van der Waals surface area contributed by atoms with Gasteiger partial charge in [0.25, 0.3) is 0 Å². The highest BCUT2D eigenvalue weighted by atomic mass is 15.6. The summed E-state index contributed by atoms with van der Waals surface area (Å²) in [5, 5.41) is 7.13. The minimum Gasteiger partial charge on any atom is -0.302 e. The molecule has 1 aliphatic heterocycles. The van der Waals surface area contributed by atoms with E-state index in [0.29, 0.717) is 0 Å². The molecule has 0 amide bonds. The number of benzene rings is 2. The van der Waals surface area contributed by atoms with E-state index in [-0.39, 0.29) is 6.17 Å². The van der Waals surface area contributed by atoms with Gasteiger partial charge in [-0.25, -0.2) is 5.01 Å². The van der Waals surface area contributed by atoms with Crippen LogP contribution in [0.3, 0.4) is 0 Å². The van der Waals surface area contributed by atoms with Gasteiger partial charge in [-0.05, 0) is 51.0 Å². The van der Waals surface area contributed by atoms with Crippen molar-refractivity contribution in [3.05, 3.63) is 96.1 Å². The van der Waals surface area contributed by atoms with Gasteiger partial charge in [0.1, 0.15) is 6.17 Å². The molecule has 0 saturated heterocycles. The Labute approximate surface area is 162 Å². The lowest BCUT2D eigenvalue weighted by molar-refractivity contribution is 0.715. The third kappa shape index (κ3) is 3.59. The number of anilines is 2. The molecule has 0 spiro atoms. The summed E-state index contributed by atoms with van der Waals surface area (Å²) in [6, 6.07) is 16.8. The molecule has 3 rings (SSSR count). The van der Waals surface area contributed by atoms with E-state index in [9.17, 15) is 0 Å². The van der Waals surface area contributed by atoms with E-state index in [2.05, 4.69) is 91.9 Å². The van der Waals surface area contributed by atoms with Crippen molar-refractivity contribution in [1.29, 1.82) is 0 Å². The van der Waals surface area contributed by atoms with E-state index in [1.807, 2.05) is 25.2 Å². The third-order valence-electron chi connectivity index (χ3n) is 4.84. The Bertz CT molecular complexity index is 921. The maximum atomic E-state index is 5.03. The summed E-state index contributed by atoms with van der Waals surface area (Å²) in [4.78, 5) is 2.29. The molecule has 0 aromatic heterocycles. The van der Waals surface area contributed by atoms with Gasteiger partial charge < -0.3 is 4.90 Å². The average molecular weight is 358 g/mol. The van der Waals surface area contributed by atoms with Crippen LogP contribution >= 0.6 is 0 Å². The minimum absolute atomic E-state index is 0.0520. The molecule has 3 heteroatoms. The maximum Gasteiger partial charge on any atom is 0.162 e. The van der Waals surface area contributed by atoms with Crippen LogP contribution in [0.15, 0.2) is 90.1 Å². The van der Waals surface area contributed by atoms with Crippen LogP contribution in [-0.4, -0.2) is 12.0 Å². The summed E-state index contributed by atoms with van der Waals surface area (Å²) >= 11 is 0. The highest BCUT2D eigenvalue weighted by Crippen LogP contribution is 2.34. The number of allylic oxidation sites excluding steroid dienone is 3. The van der Waals surface area contributed by atoms with Crippen LogP contribution in [0, 0.1) is 13.8 Å². The largest absolute Gasteiger partial charge is 0.302 e. The van der Waals surface area contributed by atoms with E-state index in [0.717, 1.165) is 22.8 Å². The average Bonchev–Trinajstić information content (AvgIpc) is 3.00. The highest BCUT2D eigenvalue weighted by molar-refractivity contribution is 6.14. The quantitative estimate of drug-likeness (QED) is 0.613. The molecule has 1 unspecified atom stereocenters. The Morgan fingerprint density at radius 1 is 1.00 bits per heavy atom. The van der Waals surface area contributed by atoms with Gasteiger partial charge in [-0.2, -0.15) is 5.10 Å². The number of para-hydroxylation sites is 2. The molecule has 0 bridgehead atoms. The van der Waals surface area contributed by atoms with Gasteiger partial charge in [0, 0.05) is 11.3 Å². The van der Waals surface area contributed by atoms with Crippen LogP contribution in [0.2, 0.25) is 0 Å². The first-order valence-corrected chi connectivity index (χ1v) is 9.32. The van der Waals surface area contributed by atoms with E-state index in [1.165, 1.54) is 11.1 Å². The normalized spacial score (nSPS) is 17.6. The van der Waals surface area contributed by atoms with Crippen molar-refractivity contribution in [2.45, 2.75) is 33.9 Å². The van der Waals surface area contributed by atoms with Crippen LogP contribution in [0.5, 0.6) is 0 Å². The molecule has 0 aliphatic carbocycles. The van der Waals surface area contributed by atoms with Crippen molar-refractivity contribution in [3.63, 3.8) is 0 Å². The molecule has 3 nitrogen and oxygen atoms in total. The van der Waals surface area contributed by atoms with Gasteiger partial charge in [0.15, 0.2) is 5.84 Å². The van der Waals surface area contributed by atoms with Crippen LogP contribution in [-0.2, 0) is 0 Å². The zero-order valence-corrected chi connectivity index (χ0v) is 16.6. The fourth-order valence-corrected chi connectivity index (χ4v) is 3.38. The summed E-state index contributed by atoms with van der Waals surface area (Å²) in [6.45, 7) is 12.5. The summed E-state index contributed by atoms with van der Waals surface area (Å²) in [5.74, 6) is 0.910. The maximum absolute atomic E-state index is 5.03. The topological polar surface area (TPSA) is 18.8 Å². The zero-order chi connectivity index (χ0) is 19.4. The van der Waals surface area contributed by atoms with Crippen molar-refractivity contribution < 1.29 is 0 Å². The lowest BCUT2D eigenvalue weighted by Gasteiger charge is -2.31. The molecule has 0 saturated carbocycles. The zero-order valence-electron chi connectivity index (χ0n) is 16.6. The van der Waals surface area contributed by atoms with Gasteiger partial charge in [-0.1, -0.05) is 67.3 Å². The van der Waals surface area contributed by atoms with Crippen LogP contribution in [0.25, 0.3) is 0 Å². The molecule has 27 heavy (non-hydrogen) atoms. The Balaban J connectivity index is 2.16. The summed E-state index contributed by atoms with van der Waals surface area (Å²) in [5.41, 5.74) is 5.70. The van der Waals surface area contributed by atoms with Crippen molar-refractivity contribution in [2.75, 3.05) is 9.91 Å². The first kappa shape index (κ1) is 18.7. The Morgan fingerprint density at radius 2 is 1.59 bits per heavy atom. The first-order valence-electron chi connectivity index (χ1n) is 9.32. The van der Waals surface area contributed by atoms with Gasteiger partial charge in [-0.15, -0.1) is 0 Å². The first-order chi connectivity index (χ1) is 13.1. The summed E-state index contributed by atoms with van der Waals surface area (Å²) < 4.78 is 0. The fraction of sp³-hybridized carbons (Fsp3) is 0.208. The number of aryl methyl sites for hydroxylation is 2. The monoisotopic (exact) mass is 357 g/mol. The summed E-state index contributed by atoms with van der Waals surface area (Å²) in [7, 11) is 0.